The van der Waals surface area contributed by atoms with Gasteiger partial charge in [-0.25, -0.2) is 8.78 Å². The van der Waals surface area contributed by atoms with E-state index in [9.17, 15) is 18.4 Å². The fourth-order valence-electron chi connectivity index (χ4n) is 2.35. The number of likely N-dealkylation sites (tertiary alicyclic amines) is 1. The minimum absolute atomic E-state index is 0.0435. The van der Waals surface area contributed by atoms with Crippen LogP contribution in [0.25, 0.3) is 0 Å². The number of halogens is 2. The first kappa shape index (κ1) is 15.4. The Morgan fingerprint density at radius 2 is 2.00 bits per heavy atom. The predicted molar refractivity (Wildman–Crippen MR) is 74.7 cm³/mol. The van der Waals surface area contributed by atoms with Crippen LogP contribution in [0.3, 0.4) is 0 Å². The van der Waals surface area contributed by atoms with E-state index in [1.807, 2.05) is 6.92 Å². The van der Waals surface area contributed by atoms with Crippen molar-refractivity contribution in [2.24, 2.45) is 0 Å². The van der Waals surface area contributed by atoms with E-state index in [0.29, 0.717) is 6.42 Å². The van der Waals surface area contributed by atoms with E-state index in [1.165, 1.54) is 11.8 Å². The van der Waals surface area contributed by atoms with Crippen molar-refractivity contribution in [3.8, 4) is 0 Å². The minimum atomic E-state index is -0.844. The molecule has 1 N–H and O–H groups in total. The molecule has 1 heterocycles. The molecule has 4 nitrogen and oxygen atoms in total. The number of anilines is 1. The molecule has 1 aliphatic heterocycles. The summed E-state index contributed by atoms with van der Waals surface area (Å²) < 4.78 is 27.3. The maximum Gasteiger partial charge on any atom is 0.252 e. The lowest BCUT2D eigenvalue weighted by molar-refractivity contribution is -0.140. The van der Waals surface area contributed by atoms with E-state index in [-0.39, 0.29) is 29.6 Å². The molecule has 0 aliphatic carbocycles. The molecule has 2 atom stereocenters. The highest BCUT2D eigenvalue weighted by Gasteiger charge is 2.40. The lowest BCUT2D eigenvalue weighted by atomic mass is 10.1. The monoisotopic (exact) mass is 296 g/mol. The van der Waals surface area contributed by atoms with E-state index in [1.54, 1.807) is 6.92 Å². The third kappa shape index (κ3) is 2.89. The van der Waals surface area contributed by atoms with Crippen molar-refractivity contribution in [2.75, 3.05) is 5.32 Å². The maximum absolute atomic E-state index is 13.8. The van der Waals surface area contributed by atoms with Gasteiger partial charge in [0.25, 0.3) is 5.91 Å². The van der Waals surface area contributed by atoms with Crippen LogP contribution >= 0.6 is 0 Å². The zero-order valence-corrected chi connectivity index (χ0v) is 12.2. The lowest BCUT2D eigenvalue weighted by Crippen LogP contribution is -2.40. The van der Waals surface area contributed by atoms with Gasteiger partial charge in [-0.05, 0) is 31.9 Å². The van der Waals surface area contributed by atoms with E-state index < -0.39 is 23.6 Å². The molecule has 1 fully saturated rings. The van der Waals surface area contributed by atoms with E-state index >= 15 is 0 Å². The van der Waals surface area contributed by atoms with Crippen molar-refractivity contribution in [3.63, 3.8) is 0 Å². The van der Waals surface area contributed by atoms with Crippen LogP contribution in [0.4, 0.5) is 14.5 Å². The van der Waals surface area contributed by atoms with Gasteiger partial charge in [0.15, 0.2) is 0 Å². The topological polar surface area (TPSA) is 49.4 Å². The predicted octanol–water partition coefficient (Wildman–Crippen LogP) is 2.61. The average Bonchev–Trinajstić information content (AvgIpc) is 2.70. The van der Waals surface area contributed by atoms with Crippen molar-refractivity contribution >= 4 is 17.5 Å². The van der Waals surface area contributed by atoms with Crippen molar-refractivity contribution in [3.05, 3.63) is 29.3 Å². The molecule has 0 saturated carbocycles. The van der Waals surface area contributed by atoms with E-state index in [0.717, 1.165) is 12.1 Å². The van der Waals surface area contributed by atoms with Gasteiger partial charge in [0.05, 0.1) is 12.1 Å². The zero-order chi connectivity index (χ0) is 15.7. The number of carbonyl (C=O) groups is 2. The van der Waals surface area contributed by atoms with Gasteiger partial charge in [0, 0.05) is 12.1 Å². The SMILES string of the molecule is CCC(C)N1C(=O)CC(Nc2cc(F)c(C)cc2F)C1=O. The van der Waals surface area contributed by atoms with Crippen molar-refractivity contribution in [1.82, 2.24) is 4.90 Å². The Hall–Kier alpha value is -1.98. The number of rotatable bonds is 4. The minimum Gasteiger partial charge on any atom is -0.371 e. The number of benzene rings is 1. The molecule has 1 aromatic carbocycles. The summed E-state index contributed by atoms with van der Waals surface area (Å²) in [6, 6.07) is 1.03. The van der Waals surface area contributed by atoms with Crippen LogP contribution in [0.2, 0.25) is 0 Å². The number of aryl methyl sites for hydroxylation is 1. The molecule has 1 aliphatic rings. The first-order valence-electron chi connectivity index (χ1n) is 6.93. The highest BCUT2D eigenvalue weighted by Crippen LogP contribution is 2.24. The number of nitrogens with zero attached hydrogens (tertiary/aromatic N) is 1. The number of carbonyl (C=O) groups excluding carboxylic acids is 2. The fourth-order valence-corrected chi connectivity index (χ4v) is 2.35. The summed E-state index contributed by atoms with van der Waals surface area (Å²) in [5.74, 6) is -1.89. The molecule has 2 unspecified atom stereocenters. The summed E-state index contributed by atoms with van der Waals surface area (Å²) in [5, 5.41) is 2.64. The molecular weight excluding hydrogens is 278 g/mol. The Morgan fingerprint density at radius 3 is 2.62 bits per heavy atom. The summed E-state index contributed by atoms with van der Waals surface area (Å²) >= 11 is 0. The molecule has 2 rings (SSSR count). The molecule has 0 radical (unpaired) electrons. The van der Waals surface area contributed by atoms with Crippen LogP contribution in [0.5, 0.6) is 0 Å². The number of imide groups is 1. The first-order valence-corrected chi connectivity index (χ1v) is 6.93. The highest BCUT2D eigenvalue weighted by molar-refractivity contribution is 6.07. The Morgan fingerprint density at radius 1 is 1.33 bits per heavy atom. The number of hydrogen-bond donors (Lipinski definition) is 1. The fraction of sp³-hybridized carbons (Fsp3) is 0.467. The van der Waals surface area contributed by atoms with Gasteiger partial charge >= 0.3 is 0 Å². The van der Waals surface area contributed by atoms with Crippen LogP contribution in [-0.2, 0) is 9.59 Å². The van der Waals surface area contributed by atoms with Crippen molar-refractivity contribution in [1.29, 1.82) is 0 Å². The largest absolute Gasteiger partial charge is 0.371 e. The zero-order valence-electron chi connectivity index (χ0n) is 12.2. The second-order valence-electron chi connectivity index (χ2n) is 5.34. The second-order valence-corrected chi connectivity index (χ2v) is 5.34. The van der Waals surface area contributed by atoms with Gasteiger partial charge in [0.2, 0.25) is 5.91 Å². The summed E-state index contributed by atoms with van der Waals surface area (Å²) in [6.07, 6.45) is 0.607. The van der Waals surface area contributed by atoms with E-state index in [2.05, 4.69) is 5.32 Å². The van der Waals surface area contributed by atoms with Crippen LogP contribution in [-0.4, -0.2) is 28.8 Å². The van der Waals surface area contributed by atoms with Crippen LogP contribution in [0, 0.1) is 18.6 Å². The molecule has 114 valence electrons. The van der Waals surface area contributed by atoms with Crippen LogP contribution in [0.1, 0.15) is 32.3 Å². The maximum atomic E-state index is 13.8. The van der Waals surface area contributed by atoms with Gasteiger partial charge in [-0.2, -0.15) is 0 Å². The summed E-state index contributed by atoms with van der Waals surface area (Å²) in [4.78, 5) is 25.3. The van der Waals surface area contributed by atoms with Gasteiger partial charge in [-0.3, -0.25) is 14.5 Å². The van der Waals surface area contributed by atoms with E-state index in [4.69, 9.17) is 0 Å². The average molecular weight is 296 g/mol. The van der Waals surface area contributed by atoms with Crippen LogP contribution in [0.15, 0.2) is 12.1 Å². The van der Waals surface area contributed by atoms with Gasteiger partial charge in [0.1, 0.15) is 17.7 Å². The number of hydrogen-bond acceptors (Lipinski definition) is 3. The highest BCUT2D eigenvalue weighted by atomic mass is 19.1. The molecular formula is C15H18F2N2O2. The Labute approximate surface area is 122 Å². The van der Waals surface area contributed by atoms with Gasteiger partial charge in [-0.1, -0.05) is 6.92 Å². The lowest BCUT2D eigenvalue weighted by Gasteiger charge is -2.22. The molecule has 0 aromatic heterocycles. The quantitative estimate of drug-likeness (QED) is 0.869. The first-order chi connectivity index (χ1) is 9.85. The molecule has 0 spiro atoms. The van der Waals surface area contributed by atoms with Gasteiger partial charge in [-0.15, -0.1) is 0 Å². The number of nitrogens with one attached hydrogen (secondary N) is 1. The molecule has 2 amide bonds. The van der Waals surface area contributed by atoms with Crippen molar-refractivity contribution < 1.29 is 18.4 Å². The standard InChI is InChI=1S/C15H18F2N2O2/c1-4-9(3)19-14(20)7-13(15(19)21)18-12-6-10(16)8(2)5-11(12)17/h5-6,9,13,18H,4,7H2,1-3H3. The Bertz CT molecular complexity index is 589. The third-order valence-corrected chi connectivity index (χ3v) is 3.79. The molecule has 0 bridgehead atoms. The van der Waals surface area contributed by atoms with Crippen LogP contribution < -0.4 is 5.32 Å². The summed E-state index contributed by atoms with van der Waals surface area (Å²) in [6.45, 7) is 5.11. The molecule has 1 aromatic rings. The number of amides is 2. The van der Waals surface area contributed by atoms with Gasteiger partial charge < -0.3 is 5.32 Å². The molecule has 21 heavy (non-hydrogen) atoms. The van der Waals surface area contributed by atoms with Crippen molar-refractivity contribution in [2.45, 2.75) is 45.7 Å². The summed E-state index contributed by atoms with van der Waals surface area (Å²) in [7, 11) is 0. The molecule has 6 heteroatoms. The summed E-state index contributed by atoms with van der Waals surface area (Å²) in [5.41, 5.74) is 0.0864. The smallest absolute Gasteiger partial charge is 0.252 e. The second kappa shape index (κ2) is 5.79. The molecule has 1 saturated heterocycles. The Balaban J connectivity index is 2.20. The Kier molecular flexibility index (Phi) is 4.25. The third-order valence-electron chi connectivity index (χ3n) is 3.79. The normalized spacial score (nSPS) is 20.0.